The molecule has 1 unspecified atom stereocenters. The fraction of sp³-hybridized carbons (Fsp3) is 0.688. The third-order valence-corrected chi connectivity index (χ3v) is 4.75. The largest absolute Gasteiger partial charge is 0.466 e. The molecule has 0 aliphatic carbocycles. The van der Waals surface area contributed by atoms with E-state index in [0.29, 0.717) is 19.7 Å². The molecule has 1 aromatic heterocycles. The van der Waals surface area contributed by atoms with E-state index in [-0.39, 0.29) is 23.7 Å². The molecule has 0 N–H and O–H groups in total. The second-order valence-electron chi connectivity index (χ2n) is 6.12. The molecule has 0 aromatic carbocycles. The highest BCUT2D eigenvalue weighted by atomic mass is 16.5. The summed E-state index contributed by atoms with van der Waals surface area (Å²) in [6, 6.07) is 0. The van der Waals surface area contributed by atoms with Crippen LogP contribution in [0.4, 0.5) is 0 Å². The highest BCUT2D eigenvalue weighted by Crippen LogP contribution is 2.25. The molecule has 0 bridgehead atoms. The normalized spacial score (nSPS) is 22.2. The molecule has 3 heterocycles. The molecule has 1 aromatic rings. The molecule has 3 rings (SSSR count). The highest BCUT2D eigenvalue weighted by Gasteiger charge is 2.33. The van der Waals surface area contributed by atoms with Crippen LogP contribution in [0.2, 0.25) is 0 Å². The van der Waals surface area contributed by atoms with Crippen LogP contribution in [-0.4, -0.2) is 46.0 Å². The fourth-order valence-corrected chi connectivity index (χ4v) is 3.43. The van der Waals surface area contributed by atoms with E-state index in [9.17, 15) is 9.59 Å². The Kier molecular flexibility index (Phi) is 4.45. The van der Waals surface area contributed by atoms with E-state index >= 15 is 0 Å². The smallest absolute Gasteiger partial charge is 0.309 e. The average Bonchev–Trinajstić information content (AvgIpc) is 3.02. The molecule has 120 valence electrons. The Balaban J connectivity index is 1.53. The van der Waals surface area contributed by atoms with Gasteiger partial charge in [-0.05, 0) is 26.2 Å². The molecule has 0 radical (unpaired) electrons. The molecular weight excluding hydrogens is 282 g/mol. The third-order valence-electron chi connectivity index (χ3n) is 4.75. The van der Waals surface area contributed by atoms with Gasteiger partial charge in [0.2, 0.25) is 5.91 Å². The van der Waals surface area contributed by atoms with Crippen LogP contribution in [0.15, 0.2) is 12.5 Å². The van der Waals surface area contributed by atoms with Crippen LogP contribution in [0.25, 0.3) is 0 Å². The number of fused-ring (bicyclic) bond motifs is 1. The first-order valence-electron chi connectivity index (χ1n) is 8.13. The summed E-state index contributed by atoms with van der Waals surface area (Å²) in [5.41, 5.74) is 1.14. The van der Waals surface area contributed by atoms with Crippen molar-refractivity contribution in [3.8, 4) is 0 Å². The van der Waals surface area contributed by atoms with Crippen molar-refractivity contribution in [2.24, 2.45) is 11.8 Å². The molecule has 0 saturated carbocycles. The van der Waals surface area contributed by atoms with Crippen molar-refractivity contribution in [1.29, 1.82) is 0 Å². The zero-order chi connectivity index (χ0) is 15.5. The second kappa shape index (κ2) is 6.50. The molecule has 1 atom stereocenters. The van der Waals surface area contributed by atoms with Crippen molar-refractivity contribution in [2.45, 2.75) is 39.2 Å². The Hall–Kier alpha value is -1.85. The highest BCUT2D eigenvalue weighted by molar-refractivity contribution is 5.80. The molecule has 6 heteroatoms. The summed E-state index contributed by atoms with van der Waals surface area (Å²) in [5, 5.41) is 0. The summed E-state index contributed by atoms with van der Waals surface area (Å²) in [5.74, 6) is 0.131. The van der Waals surface area contributed by atoms with Crippen LogP contribution < -0.4 is 0 Å². The van der Waals surface area contributed by atoms with E-state index in [1.54, 1.807) is 0 Å². The van der Waals surface area contributed by atoms with Gasteiger partial charge in [0.05, 0.1) is 18.9 Å². The van der Waals surface area contributed by atoms with Crippen molar-refractivity contribution in [1.82, 2.24) is 14.5 Å². The summed E-state index contributed by atoms with van der Waals surface area (Å²) in [6.07, 6.45) is 6.77. The Bertz CT molecular complexity index is 547. The van der Waals surface area contributed by atoms with E-state index in [0.717, 1.165) is 37.9 Å². The lowest BCUT2D eigenvalue weighted by atomic mass is 9.92. The topological polar surface area (TPSA) is 64.4 Å². The second-order valence-corrected chi connectivity index (χ2v) is 6.12. The van der Waals surface area contributed by atoms with Gasteiger partial charge in [0.1, 0.15) is 0 Å². The van der Waals surface area contributed by atoms with E-state index in [2.05, 4.69) is 9.55 Å². The Morgan fingerprint density at radius 2 is 1.95 bits per heavy atom. The number of imidazole rings is 1. The fourth-order valence-electron chi connectivity index (χ4n) is 3.43. The quantitative estimate of drug-likeness (QED) is 0.788. The monoisotopic (exact) mass is 305 g/mol. The number of esters is 1. The number of rotatable bonds is 3. The number of carbonyl (C=O) groups is 2. The van der Waals surface area contributed by atoms with Gasteiger partial charge in [-0.2, -0.15) is 0 Å². The zero-order valence-electron chi connectivity index (χ0n) is 13.0. The lowest BCUT2D eigenvalue weighted by Crippen LogP contribution is -2.44. The summed E-state index contributed by atoms with van der Waals surface area (Å²) in [6.45, 7) is 4.44. The zero-order valence-corrected chi connectivity index (χ0v) is 13.0. The first-order valence-corrected chi connectivity index (χ1v) is 8.13. The Morgan fingerprint density at radius 1 is 1.23 bits per heavy atom. The van der Waals surface area contributed by atoms with Gasteiger partial charge < -0.3 is 14.2 Å². The van der Waals surface area contributed by atoms with Crippen LogP contribution >= 0.6 is 0 Å². The van der Waals surface area contributed by atoms with Gasteiger partial charge in [0.25, 0.3) is 0 Å². The molecule has 2 aliphatic heterocycles. The van der Waals surface area contributed by atoms with E-state index in [1.165, 1.54) is 0 Å². The first-order chi connectivity index (χ1) is 10.7. The van der Waals surface area contributed by atoms with Gasteiger partial charge in [-0.25, -0.2) is 4.98 Å². The molecule has 1 saturated heterocycles. The maximum Gasteiger partial charge on any atom is 0.309 e. The number of piperidine rings is 1. The van der Waals surface area contributed by atoms with E-state index < -0.39 is 0 Å². The number of nitrogens with zero attached hydrogens (tertiary/aromatic N) is 3. The van der Waals surface area contributed by atoms with Crippen molar-refractivity contribution in [2.75, 3.05) is 19.7 Å². The molecular formula is C16H23N3O3. The number of hydrogen-bond donors (Lipinski definition) is 0. The van der Waals surface area contributed by atoms with Crippen molar-refractivity contribution in [3.05, 3.63) is 18.2 Å². The number of aryl methyl sites for hydroxylation is 1. The molecule has 6 nitrogen and oxygen atoms in total. The van der Waals surface area contributed by atoms with Gasteiger partial charge in [0, 0.05) is 43.9 Å². The molecule has 1 fully saturated rings. The number of ether oxygens (including phenoxy) is 1. The SMILES string of the molecule is CCOC(=O)C1CCN(C(=O)C2CCn3cncc3C2)CC1. The summed E-state index contributed by atoms with van der Waals surface area (Å²) >= 11 is 0. The van der Waals surface area contributed by atoms with E-state index in [1.807, 2.05) is 24.3 Å². The van der Waals surface area contributed by atoms with Crippen LogP contribution in [0.1, 0.15) is 31.9 Å². The lowest BCUT2D eigenvalue weighted by molar-refractivity contribution is -0.151. The first kappa shape index (κ1) is 15.1. The summed E-state index contributed by atoms with van der Waals surface area (Å²) < 4.78 is 7.19. The number of amides is 1. The van der Waals surface area contributed by atoms with Gasteiger partial charge >= 0.3 is 5.97 Å². The molecule has 2 aliphatic rings. The van der Waals surface area contributed by atoms with Gasteiger partial charge in [-0.3, -0.25) is 9.59 Å². The van der Waals surface area contributed by atoms with Gasteiger partial charge in [-0.15, -0.1) is 0 Å². The van der Waals surface area contributed by atoms with E-state index in [4.69, 9.17) is 4.74 Å². The number of aromatic nitrogens is 2. The number of hydrogen-bond acceptors (Lipinski definition) is 4. The molecule has 22 heavy (non-hydrogen) atoms. The van der Waals surface area contributed by atoms with Gasteiger partial charge in [-0.1, -0.05) is 0 Å². The number of likely N-dealkylation sites (tertiary alicyclic amines) is 1. The minimum Gasteiger partial charge on any atom is -0.466 e. The maximum atomic E-state index is 12.7. The standard InChI is InChI=1S/C16H23N3O3/c1-2-22-16(21)12-3-6-18(7-4-12)15(20)13-5-8-19-11-17-10-14(19)9-13/h10-13H,2-9H2,1H3. The molecule has 1 amide bonds. The minimum absolute atomic E-state index is 0.0446. The minimum atomic E-state index is -0.115. The maximum absolute atomic E-state index is 12.7. The average molecular weight is 305 g/mol. The predicted molar refractivity (Wildman–Crippen MR) is 80.0 cm³/mol. The van der Waals surface area contributed by atoms with Crippen LogP contribution in [0.5, 0.6) is 0 Å². The predicted octanol–water partition coefficient (Wildman–Crippen LogP) is 1.25. The number of carbonyl (C=O) groups excluding carboxylic acids is 2. The Labute approximate surface area is 130 Å². The van der Waals surface area contributed by atoms with Crippen LogP contribution in [0, 0.1) is 11.8 Å². The molecule has 0 spiro atoms. The lowest BCUT2D eigenvalue weighted by Gasteiger charge is -2.34. The van der Waals surface area contributed by atoms with Crippen LogP contribution in [0.3, 0.4) is 0 Å². The van der Waals surface area contributed by atoms with Crippen molar-refractivity contribution in [3.63, 3.8) is 0 Å². The van der Waals surface area contributed by atoms with Crippen molar-refractivity contribution < 1.29 is 14.3 Å². The Morgan fingerprint density at radius 3 is 2.68 bits per heavy atom. The van der Waals surface area contributed by atoms with Crippen molar-refractivity contribution >= 4 is 11.9 Å². The summed E-state index contributed by atoms with van der Waals surface area (Å²) in [7, 11) is 0. The summed E-state index contributed by atoms with van der Waals surface area (Å²) in [4.78, 5) is 30.5. The third kappa shape index (κ3) is 3.00. The van der Waals surface area contributed by atoms with Crippen LogP contribution in [-0.2, 0) is 27.3 Å². The van der Waals surface area contributed by atoms with Gasteiger partial charge in [0.15, 0.2) is 0 Å².